The molecule has 0 aliphatic carbocycles. The van der Waals surface area contributed by atoms with Crippen LogP contribution in [0.15, 0.2) is 36.4 Å². The molecule has 2 atom stereocenters. The summed E-state index contributed by atoms with van der Waals surface area (Å²) in [5.74, 6) is -1.21. The van der Waals surface area contributed by atoms with Crippen molar-refractivity contribution in [2.24, 2.45) is 5.92 Å². The number of phenols is 1. The summed E-state index contributed by atoms with van der Waals surface area (Å²) in [5.41, 5.74) is 0.639. The highest BCUT2D eigenvalue weighted by Gasteiger charge is 2.13. The molecule has 0 aromatic heterocycles. The van der Waals surface area contributed by atoms with E-state index in [2.05, 4.69) is 0 Å². The molecule has 16 heavy (non-hydrogen) atoms. The third-order valence-corrected chi connectivity index (χ3v) is 2.28. The lowest BCUT2D eigenvalue weighted by atomic mass is 9.97. The number of hydrogen-bond donors (Lipinski definition) is 3. The van der Waals surface area contributed by atoms with Gasteiger partial charge in [0.25, 0.3) is 0 Å². The number of aliphatic hydroxyl groups excluding tert-OH is 1. The maximum Gasteiger partial charge on any atom is 0.327 e. The van der Waals surface area contributed by atoms with Crippen molar-refractivity contribution in [2.75, 3.05) is 0 Å². The fourth-order valence-electron chi connectivity index (χ4n) is 1.31. The van der Waals surface area contributed by atoms with E-state index in [9.17, 15) is 9.90 Å². The monoisotopic (exact) mass is 222 g/mol. The maximum atomic E-state index is 10.3. The van der Waals surface area contributed by atoms with Gasteiger partial charge in [-0.25, -0.2) is 4.79 Å². The molecule has 1 aromatic rings. The van der Waals surface area contributed by atoms with E-state index >= 15 is 0 Å². The molecule has 1 rings (SSSR count). The molecule has 1 aromatic carbocycles. The highest BCUT2D eigenvalue weighted by atomic mass is 16.4. The standard InChI is InChI=1S/C12H14O4/c1-8(2-7-11(14)15)12(16)9-3-5-10(13)6-4-9/h2-8,12-13,16H,1H3,(H,14,15)/b7-2+/t8-,12+/m0/s1. The molecule has 0 amide bonds. The van der Waals surface area contributed by atoms with E-state index in [1.54, 1.807) is 19.1 Å². The number of carbonyl (C=O) groups is 1. The van der Waals surface area contributed by atoms with Gasteiger partial charge in [-0.05, 0) is 17.7 Å². The van der Waals surface area contributed by atoms with E-state index in [1.165, 1.54) is 18.2 Å². The summed E-state index contributed by atoms with van der Waals surface area (Å²) < 4.78 is 0. The van der Waals surface area contributed by atoms with Gasteiger partial charge < -0.3 is 15.3 Å². The van der Waals surface area contributed by atoms with E-state index < -0.39 is 12.1 Å². The van der Waals surface area contributed by atoms with Crippen LogP contribution in [-0.4, -0.2) is 21.3 Å². The van der Waals surface area contributed by atoms with Gasteiger partial charge in [-0.3, -0.25) is 0 Å². The van der Waals surface area contributed by atoms with Crippen molar-refractivity contribution in [1.29, 1.82) is 0 Å². The van der Waals surface area contributed by atoms with Gasteiger partial charge in [-0.2, -0.15) is 0 Å². The Hall–Kier alpha value is -1.81. The average molecular weight is 222 g/mol. The predicted molar refractivity (Wildman–Crippen MR) is 59.0 cm³/mol. The number of carboxylic acid groups (broad SMARTS) is 1. The zero-order chi connectivity index (χ0) is 12.1. The zero-order valence-corrected chi connectivity index (χ0v) is 8.87. The van der Waals surface area contributed by atoms with Crippen molar-refractivity contribution < 1.29 is 20.1 Å². The van der Waals surface area contributed by atoms with E-state index in [0.717, 1.165) is 6.08 Å². The Balaban J connectivity index is 2.73. The average Bonchev–Trinajstić information content (AvgIpc) is 2.26. The van der Waals surface area contributed by atoms with Crippen LogP contribution in [0.2, 0.25) is 0 Å². The van der Waals surface area contributed by atoms with Gasteiger partial charge in [0.15, 0.2) is 0 Å². The van der Waals surface area contributed by atoms with E-state index in [-0.39, 0.29) is 11.7 Å². The van der Waals surface area contributed by atoms with Crippen molar-refractivity contribution in [2.45, 2.75) is 13.0 Å². The normalized spacial score (nSPS) is 14.9. The molecule has 4 heteroatoms. The van der Waals surface area contributed by atoms with Gasteiger partial charge in [-0.1, -0.05) is 25.1 Å². The second-order valence-corrected chi connectivity index (χ2v) is 3.59. The van der Waals surface area contributed by atoms with Gasteiger partial charge >= 0.3 is 5.97 Å². The van der Waals surface area contributed by atoms with Crippen molar-refractivity contribution in [1.82, 2.24) is 0 Å². The Bertz CT molecular complexity index is 381. The molecule has 0 bridgehead atoms. The number of aliphatic hydroxyl groups is 1. The van der Waals surface area contributed by atoms with Crippen LogP contribution in [-0.2, 0) is 4.79 Å². The second kappa shape index (κ2) is 5.32. The van der Waals surface area contributed by atoms with Crippen LogP contribution in [0.3, 0.4) is 0 Å². The van der Waals surface area contributed by atoms with Crippen LogP contribution in [0.25, 0.3) is 0 Å². The molecule has 0 spiro atoms. The summed E-state index contributed by atoms with van der Waals surface area (Å²) in [5, 5.41) is 27.4. The number of aromatic hydroxyl groups is 1. The Morgan fingerprint density at radius 3 is 2.38 bits per heavy atom. The quantitative estimate of drug-likeness (QED) is 0.677. The first-order chi connectivity index (χ1) is 7.50. The number of phenolic OH excluding ortho intramolecular Hbond substituents is 1. The molecule has 0 saturated heterocycles. The highest BCUT2D eigenvalue weighted by Crippen LogP contribution is 2.24. The molecule has 0 aliphatic heterocycles. The number of carboxylic acids is 1. The summed E-state index contributed by atoms with van der Waals surface area (Å²) in [6.07, 6.45) is 1.66. The van der Waals surface area contributed by atoms with E-state index in [4.69, 9.17) is 10.2 Å². The first kappa shape index (κ1) is 12.3. The predicted octanol–water partition coefficient (Wildman–Crippen LogP) is 1.70. The van der Waals surface area contributed by atoms with Crippen LogP contribution in [0.1, 0.15) is 18.6 Å². The van der Waals surface area contributed by atoms with E-state index in [1.807, 2.05) is 0 Å². The molecule has 0 radical (unpaired) electrons. The Morgan fingerprint density at radius 1 is 1.31 bits per heavy atom. The van der Waals surface area contributed by atoms with Crippen LogP contribution in [0.4, 0.5) is 0 Å². The second-order valence-electron chi connectivity index (χ2n) is 3.59. The van der Waals surface area contributed by atoms with Crippen molar-refractivity contribution in [3.05, 3.63) is 42.0 Å². The summed E-state index contributed by atoms with van der Waals surface area (Å²) in [6, 6.07) is 6.16. The third kappa shape index (κ3) is 3.40. The van der Waals surface area contributed by atoms with Crippen LogP contribution < -0.4 is 0 Å². The largest absolute Gasteiger partial charge is 0.508 e. The molecule has 0 heterocycles. The lowest BCUT2D eigenvalue weighted by molar-refractivity contribution is -0.131. The topological polar surface area (TPSA) is 77.8 Å². The van der Waals surface area contributed by atoms with Gasteiger partial charge in [0, 0.05) is 12.0 Å². The molecular formula is C12H14O4. The Labute approximate surface area is 93.5 Å². The van der Waals surface area contributed by atoms with Crippen LogP contribution in [0, 0.1) is 5.92 Å². The number of benzene rings is 1. The molecule has 0 unspecified atom stereocenters. The molecule has 0 saturated carbocycles. The Morgan fingerprint density at radius 2 is 1.88 bits per heavy atom. The fourth-order valence-corrected chi connectivity index (χ4v) is 1.31. The first-order valence-corrected chi connectivity index (χ1v) is 4.89. The first-order valence-electron chi connectivity index (χ1n) is 4.89. The molecule has 86 valence electrons. The number of rotatable bonds is 4. The van der Waals surface area contributed by atoms with Crippen LogP contribution in [0.5, 0.6) is 5.75 Å². The van der Waals surface area contributed by atoms with Gasteiger partial charge in [-0.15, -0.1) is 0 Å². The molecular weight excluding hydrogens is 208 g/mol. The van der Waals surface area contributed by atoms with Crippen molar-refractivity contribution >= 4 is 5.97 Å². The summed E-state index contributed by atoms with van der Waals surface area (Å²) >= 11 is 0. The minimum absolute atomic E-state index is 0.129. The smallest absolute Gasteiger partial charge is 0.327 e. The lowest BCUT2D eigenvalue weighted by Gasteiger charge is -2.15. The van der Waals surface area contributed by atoms with Gasteiger partial charge in [0.2, 0.25) is 0 Å². The zero-order valence-electron chi connectivity index (χ0n) is 8.87. The van der Waals surface area contributed by atoms with Crippen molar-refractivity contribution in [3.8, 4) is 5.75 Å². The minimum Gasteiger partial charge on any atom is -0.508 e. The lowest BCUT2D eigenvalue weighted by Crippen LogP contribution is -2.07. The maximum absolute atomic E-state index is 10.3. The minimum atomic E-state index is -1.04. The SMILES string of the molecule is C[C@@H](/C=C/C(=O)O)[C@@H](O)c1ccc(O)cc1. The molecule has 0 aliphatic rings. The summed E-state index contributed by atoms with van der Waals surface area (Å²) in [6.45, 7) is 1.72. The Kier molecular flexibility index (Phi) is 4.08. The highest BCUT2D eigenvalue weighted by molar-refractivity contribution is 5.79. The summed E-state index contributed by atoms with van der Waals surface area (Å²) in [4.78, 5) is 10.3. The van der Waals surface area contributed by atoms with Crippen LogP contribution >= 0.6 is 0 Å². The van der Waals surface area contributed by atoms with Gasteiger partial charge in [0.05, 0.1) is 6.10 Å². The summed E-state index contributed by atoms with van der Waals surface area (Å²) in [7, 11) is 0. The molecule has 0 fully saturated rings. The number of hydrogen-bond acceptors (Lipinski definition) is 3. The third-order valence-electron chi connectivity index (χ3n) is 2.28. The van der Waals surface area contributed by atoms with E-state index in [0.29, 0.717) is 5.56 Å². The molecule has 3 N–H and O–H groups in total. The molecule has 4 nitrogen and oxygen atoms in total. The van der Waals surface area contributed by atoms with Gasteiger partial charge in [0.1, 0.15) is 5.75 Å². The van der Waals surface area contributed by atoms with Crippen molar-refractivity contribution in [3.63, 3.8) is 0 Å². The number of aliphatic carboxylic acids is 1. The fraction of sp³-hybridized carbons (Fsp3) is 0.250.